The predicted octanol–water partition coefficient (Wildman–Crippen LogP) is 2.61. The lowest BCUT2D eigenvalue weighted by atomic mass is 10.0. The van der Waals surface area contributed by atoms with Crippen molar-refractivity contribution in [1.29, 1.82) is 0 Å². The number of Topliss-reactive ketones (excluding diaryl/α,β-unsaturated/α-hetero) is 1. The van der Waals surface area contributed by atoms with E-state index in [2.05, 4.69) is 4.98 Å². The fourth-order valence-corrected chi connectivity index (χ4v) is 3.95. The number of thiazole rings is 1. The molecule has 3 nitrogen and oxygen atoms in total. The molecular weight excluding hydrogens is 326 g/mol. The van der Waals surface area contributed by atoms with Crippen LogP contribution in [0.25, 0.3) is 12.2 Å². The maximum atomic E-state index is 12.4. The van der Waals surface area contributed by atoms with Gasteiger partial charge in [0.2, 0.25) is 0 Å². The van der Waals surface area contributed by atoms with E-state index in [1.165, 1.54) is 17.4 Å². The summed E-state index contributed by atoms with van der Waals surface area (Å²) in [5.74, 6) is -0.100. The van der Waals surface area contributed by atoms with Gasteiger partial charge in [-0.15, -0.1) is 22.7 Å². The average Bonchev–Trinajstić information content (AvgIpc) is 3.09. The van der Waals surface area contributed by atoms with E-state index in [0.29, 0.717) is 14.8 Å². The van der Waals surface area contributed by atoms with Gasteiger partial charge in [0.15, 0.2) is 5.78 Å². The highest BCUT2D eigenvalue weighted by molar-refractivity contribution is 7.11. The van der Waals surface area contributed by atoms with Gasteiger partial charge in [-0.25, -0.2) is 0 Å². The second-order valence-electron chi connectivity index (χ2n) is 5.33. The second-order valence-corrected chi connectivity index (χ2v) is 7.39. The van der Waals surface area contributed by atoms with Crippen LogP contribution in [-0.2, 0) is 0 Å². The molecule has 0 fully saturated rings. The molecule has 23 heavy (non-hydrogen) atoms. The lowest BCUT2D eigenvalue weighted by Crippen LogP contribution is -2.19. The van der Waals surface area contributed by atoms with Gasteiger partial charge < -0.3 is 4.98 Å². The van der Waals surface area contributed by atoms with Crippen molar-refractivity contribution in [2.24, 2.45) is 0 Å². The summed E-state index contributed by atoms with van der Waals surface area (Å²) in [4.78, 5) is 28.1. The minimum atomic E-state index is -0.164. The van der Waals surface area contributed by atoms with Gasteiger partial charge in [0.25, 0.3) is 5.56 Å². The fourth-order valence-electron chi connectivity index (χ4n) is 2.35. The zero-order valence-electron chi connectivity index (χ0n) is 12.8. The molecule has 1 aromatic carbocycles. The molecule has 0 aliphatic carbocycles. The van der Waals surface area contributed by atoms with Crippen LogP contribution in [-0.4, -0.2) is 10.8 Å². The topological polar surface area (TPSA) is 49.9 Å². The first kappa shape index (κ1) is 15.6. The smallest absolute Gasteiger partial charge is 0.266 e. The number of carbonyl (C=O) groups excluding carboxylic acids is 1. The fraction of sp³-hybridized carbons (Fsp3) is 0.111. The van der Waals surface area contributed by atoms with Crippen LogP contribution >= 0.6 is 22.7 Å². The Morgan fingerprint density at radius 1 is 1.17 bits per heavy atom. The van der Waals surface area contributed by atoms with E-state index in [1.807, 2.05) is 55.6 Å². The maximum absolute atomic E-state index is 12.4. The number of nitrogens with one attached hydrogen (secondary N) is 1. The highest BCUT2D eigenvalue weighted by Crippen LogP contribution is 2.10. The van der Waals surface area contributed by atoms with E-state index in [1.54, 1.807) is 11.3 Å². The number of ketones is 1. The molecule has 0 aliphatic heterocycles. The number of benzene rings is 1. The molecule has 3 rings (SSSR count). The van der Waals surface area contributed by atoms with Gasteiger partial charge in [0, 0.05) is 16.5 Å². The molecule has 116 valence electrons. The molecule has 1 N–H and O–H groups in total. The summed E-state index contributed by atoms with van der Waals surface area (Å²) in [6, 6.07) is 9.63. The third-order valence-electron chi connectivity index (χ3n) is 3.27. The Morgan fingerprint density at radius 3 is 2.57 bits per heavy atom. The molecule has 0 saturated heterocycles. The largest absolute Gasteiger partial charge is 0.313 e. The molecular formula is C18H15NO2S2. The molecule has 0 radical (unpaired) electrons. The lowest BCUT2D eigenvalue weighted by molar-refractivity contribution is 0.106. The van der Waals surface area contributed by atoms with Crippen molar-refractivity contribution in [2.75, 3.05) is 0 Å². The number of carbonyl (C=O) groups is 1. The zero-order valence-corrected chi connectivity index (χ0v) is 14.4. The number of H-pyrrole nitrogens is 1. The van der Waals surface area contributed by atoms with Crippen LogP contribution in [0.4, 0.5) is 0 Å². The Balaban J connectivity index is 2.00. The van der Waals surface area contributed by atoms with E-state index in [-0.39, 0.29) is 11.3 Å². The van der Waals surface area contributed by atoms with E-state index in [9.17, 15) is 9.59 Å². The van der Waals surface area contributed by atoms with Crippen LogP contribution in [0.5, 0.6) is 0 Å². The van der Waals surface area contributed by atoms with E-state index in [4.69, 9.17) is 0 Å². The number of aromatic amines is 1. The van der Waals surface area contributed by atoms with E-state index < -0.39 is 0 Å². The Morgan fingerprint density at radius 2 is 1.91 bits per heavy atom. The van der Waals surface area contributed by atoms with Gasteiger partial charge in [-0.05, 0) is 43.5 Å². The lowest BCUT2D eigenvalue weighted by Gasteiger charge is -2.00. The number of aromatic nitrogens is 1. The Bertz CT molecular complexity index is 1000. The standard InChI is InChI=1S/C18H15NO2S2/c1-11-6-12(2)8-13(7-11)15(20)10-17-19-18(21)16(23-17)9-14-4-3-5-22-14/h3-10H,1-2H3,(H,19,21)/b16-9-,17-10-. The molecule has 0 spiro atoms. The quantitative estimate of drug-likeness (QED) is 0.745. The van der Waals surface area contributed by atoms with Gasteiger partial charge in [-0.2, -0.15) is 0 Å². The monoisotopic (exact) mass is 341 g/mol. The van der Waals surface area contributed by atoms with Gasteiger partial charge in [-0.3, -0.25) is 9.59 Å². The van der Waals surface area contributed by atoms with E-state index >= 15 is 0 Å². The molecule has 0 unspecified atom stereocenters. The third-order valence-corrected chi connectivity index (χ3v) is 5.05. The van der Waals surface area contributed by atoms with Gasteiger partial charge in [-0.1, -0.05) is 23.3 Å². The van der Waals surface area contributed by atoms with Crippen molar-refractivity contribution in [2.45, 2.75) is 13.8 Å². The number of aryl methyl sites for hydroxylation is 2. The summed E-state index contributed by atoms with van der Waals surface area (Å²) in [6.07, 6.45) is 3.33. The normalized spacial score (nSPS) is 12.8. The summed E-state index contributed by atoms with van der Waals surface area (Å²) in [6.45, 7) is 3.93. The molecule has 3 aromatic rings. The summed E-state index contributed by atoms with van der Waals surface area (Å²) >= 11 is 2.87. The van der Waals surface area contributed by atoms with Crippen LogP contribution < -0.4 is 14.8 Å². The van der Waals surface area contributed by atoms with Gasteiger partial charge >= 0.3 is 0 Å². The number of thiophene rings is 1. The van der Waals surface area contributed by atoms with Crippen LogP contribution in [0.1, 0.15) is 26.4 Å². The number of rotatable bonds is 3. The molecule has 0 atom stereocenters. The van der Waals surface area contributed by atoms with Crippen LogP contribution in [0.3, 0.4) is 0 Å². The Labute approximate surface area is 141 Å². The van der Waals surface area contributed by atoms with Crippen molar-refractivity contribution >= 4 is 40.6 Å². The summed E-state index contributed by atoms with van der Waals surface area (Å²) in [5.41, 5.74) is 2.57. The van der Waals surface area contributed by atoms with Crippen molar-refractivity contribution in [3.05, 3.63) is 76.8 Å². The number of hydrogen-bond acceptors (Lipinski definition) is 4. The first-order chi connectivity index (χ1) is 11.0. The SMILES string of the molecule is Cc1cc(C)cc(C(=O)/C=c2/[nH]c(=O)/c(=C/c3cccs3)s2)c1. The van der Waals surface area contributed by atoms with E-state index in [0.717, 1.165) is 16.0 Å². The minimum Gasteiger partial charge on any atom is -0.313 e. The maximum Gasteiger partial charge on any atom is 0.266 e. The molecule has 2 heterocycles. The Hall–Kier alpha value is -2.24. The average molecular weight is 341 g/mol. The molecule has 2 aromatic heterocycles. The number of hydrogen-bond donors (Lipinski definition) is 1. The highest BCUT2D eigenvalue weighted by atomic mass is 32.1. The third kappa shape index (κ3) is 3.75. The molecule has 0 saturated carbocycles. The molecule has 0 aliphatic rings. The highest BCUT2D eigenvalue weighted by Gasteiger charge is 2.05. The van der Waals surface area contributed by atoms with Gasteiger partial charge in [0.1, 0.15) is 0 Å². The summed E-state index contributed by atoms with van der Waals surface area (Å²) in [7, 11) is 0. The van der Waals surface area contributed by atoms with Crippen LogP contribution in [0.15, 0.2) is 40.5 Å². The molecule has 0 bridgehead atoms. The summed E-state index contributed by atoms with van der Waals surface area (Å²) < 4.78 is 1.17. The van der Waals surface area contributed by atoms with Crippen molar-refractivity contribution in [3.63, 3.8) is 0 Å². The van der Waals surface area contributed by atoms with Crippen molar-refractivity contribution in [1.82, 2.24) is 4.98 Å². The summed E-state index contributed by atoms with van der Waals surface area (Å²) in [5, 5.41) is 1.96. The van der Waals surface area contributed by atoms with Gasteiger partial charge in [0.05, 0.1) is 9.20 Å². The predicted molar refractivity (Wildman–Crippen MR) is 96.8 cm³/mol. The molecule has 0 amide bonds. The minimum absolute atomic E-state index is 0.100. The zero-order chi connectivity index (χ0) is 16.4. The first-order valence-electron chi connectivity index (χ1n) is 7.10. The second kappa shape index (κ2) is 6.48. The van der Waals surface area contributed by atoms with Crippen molar-refractivity contribution < 1.29 is 4.79 Å². The van der Waals surface area contributed by atoms with Crippen LogP contribution in [0, 0.1) is 13.8 Å². The van der Waals surface area contributed by atoms with Crippen LogP contribution in [0.2, 0.25) is 0 Å². The van der Waals surface area contributed by atoms with Crippen molar-refractivity contribution in [3.8, 4) is 0 Å². The molecule has 5 heteroatoms. The first-order valence-corrected chi connectivity index (χ1v) is 8.79. The Kier molecular flexibility index (Phi) is 4.41.